The van der Waals surface area contributed by atoms with Crippen LogP contribution in [0.15, 0.2) is 12.1 Å². The molecular weight excluding hydrogens is 294 g/mol. The molecule has 0 aliphatic heterocycles. The van der Waals surface area contributed by atoms with Gasteiger partial charge in [0.15, 0.2) is 0 Å². The number of hydrogen-bond donors (Lipinski definition) is 0. The van der Waals surface area contributed by atoms with Crippen molar-refractivity contribution in [1.29, 1.82) is 0 Å². The van der Waals surface area contributed by atoms with Gasteiger partial charge >= 0.3 is 0 Å². The van der Waals surface area contributed by atoms with E-state index >= 15 is 0 Å². The molecule has 0 spiro atoms. The van der Waals surface area contributed by atoms with E-state index in [2.05, 4.69) is 45.0 Å². The average molecular weight is 332 g/mol. The minimum Gasteiger partial charge on any atom is -0.496 e. The van der Waals surface area contributed by atoms with Crippen molar-refractivity contribution in [3.05, 3.63) is 28.8 Å². The molecular formula is C22H37NO. The third-order valence-corrected chi connectivity index (χ3v) is 6.44. The van der Waals surface area contributed by atoms with E-state index in [0.29, 0.717) is 11.5 Å². The molecule has 1 aromatic carbocycles. The van der Waals surface area contributed by atoms with Gasteiger partial charge in [-0.15, -0.1) is 0 Å². The molecule has 136 valence electrons. The minimum atomic E-state index is 0.363. The van der Waals surface area contributed by atoms with E-state index < -0.39 is 0 Å². The molecule has 1 saturated carbocycles. The van der Waals surface area contributed by atoms with E-state index in [1.54, 1.807) is 18.2 Å². The first-order chi connectivity index (χ1) is 11.5. The number of methoxy groups -OCH3 is 1. The highest BCUT2D eigenvalue weighted by Gasteiger charge is 2.49. The summed E-state index contributed by atoms with van der Waals surface area (Å²) in [5.74, 6) is 1.86. The van der Waals surface area contributed by atoms with Crippen LogP contribution >= 0.6 is 0 Å². The van der Waals surface area contributed by atoms with Crippen molar-refractivity contribution in [2.45, 2.75) is 77.7 Å². The Kier molecular flexibility index (Phi) is 6.36. The van der Waals surface area contributed by atoms with Crippen LogP contribution in [-0.4, -0.2) is 32.1 Å². The van der Waals surface area contributed by atoms with Crippen molar-refractivity contribution in [2.75, 3.05) is 21.2 Å². The van der Waals surface area contributed by atoms with Crippen molar-refractivity contribution in [3.63, 3.8) is 0 Å². The number of ether oxygens (including phenoxy) is 1. The zero-order chi connectivity index (χ0) is 17.9. The van der Waals surface area contributed by atoms with Gasteiger partial charge in [0, 0.05) is 6.04 Å². The lowest BCUT2D eigenvalue weighted by atomic mass is 9.54. The second-order valence-corrected chi connectivity index (χ2v) is 7.58. The Labute approximate surface area is 149 Å². The first-order valence-corrected chi connectivity index (χ1v) is 9.88. The third kappa shape index (κ3) is 3.10. The number of benzene rings is 1. The molecule has 2 aliphatic rings. The molecule has 1 fully saturated rings. The van der Waals surface area contributed by atoms with Crippen LogP contribution in [0.25, 0.3) is 0 Å². The molecule has 0 saturated heterocycles. The summed E-state index contributed by atoms with van der Waals surface area (Å²) in [4.78, 5) is 2.48. The molecule has 1 aromatic rings. The van der Waals surface area contributed by atoms with Crippen LogP contribution in [0.3, 0.4) is 0 Å². The van der Waals surface area contributed by atoms with Crippen molar-refractivity contribution >= 4 is 0 Å². The fraction of sp³-hybridized carbons (Fsp3) is 0.727. The second-order valence-electron chi connectivity index (χ2n) is 7.58. The number of aryl methyl sites for hydroxylation is 1. The van der Waals surface area contributed by atoms with Gasteiger partial charge < -0.3 is 9.64 Å². The molecule has 3 unspecified atom stereocenters. The Balaban J connectivity index is 0.00000100. The zero-order valence-corrected chi connectivity index (χ0v) is 16.9. The molecule has 0 heterocycles. The molecule has 2 aliphatic carbocycles. The van der Waals surface area contributed by atoms with Crippen molar-refractivity contribution in [2.24, 2.45) is 5.92 Å². The summed E-state index contributed by atoms with van der Waals surface area (Å²) >= 11 is 0. The summed E-state index contributed by atoms with van der Waals surface area (Å²) in [6.45, 7) is 8.57. The van der Waals surface area contributed by atoms with E-state index in [9.17, 15) is 0 Å². The molecule has 0 N–H and O–H groups in total. The third-order valence-electron chi connectivity index (χ3n) is 6.44. The fourth-order valence-electron chi connectivity index (χ4n) is 5.30. The van der Waals surface area contributed by atoms with E-state index in [1.807, 2.05) is 13.8 Å². The summed E-state index contributed by atoms with van der Waals surface area (Å²) in [6, 6.07) is 5.45. The lowest BCUT2D eigenvalue weighted by molar-refractivity contribution is 0.0681. The highest BCUT2D eigenvalue weighted by atomic mass is 16.5. The lowest BCUT2D eigenvalue weighted by Gasteiger charge is -2.53. The molecule has 24 heavy (non-hydrogen) atoms. The van der Waals surface area contributed by atoms with Crippen LogP contribution in [0.4, 0.5) is 0 Å². The van der Waals surface area contributed by atoms with Crippen LogP contribution in [0.2, 0.25) is 0 Å². The maximum absolute atomic E-state index is 5.64. The SMILES string of the molecule is CC.CCC12CCCCC1C(N(C)C)Cc1cc(C)c(OC)cc12. The Morgan fingerprint density at radius 2 is 1.92 bits per heavy atom. The summed E-state index contributed by atoms with van der Waals surface area (Å²) in [5, 5.41) is 0. The smallest absolute Gasteiger partial charge is 0.122 e. The first-order valence-electron chi connectivity index (χ1n) is 9.88. The molecule has 2 nitrogen and oxygen atoms in total. The summed E-state index contributed by atoms with van der Waals surface area (Å²) in [7, 11) is 6.33. The summed E-state index contributed by atoms with van der Waals surface area (Å²) in [5.41, 5.74) is 4.80. The Morgan fingerprint density at radius 3 is 2.50 bits per heavy atom. The standard InChI is InChI=1S/C20H31NO.C2H6/c1-6-20-10-8-7-9-16(20)18(21(3)4)12-15-11-14(2)19(22-5)13-17(15)20;1-2/h11,13,16,18H,6-10,12H2,1-5H3;1-2H3. The normalized spacial score (nSPS) is 28.5. The number of hydrogen-bond acceptors (Lipinski definition) is 2. The fourth-order valence-corrected chi connectivity index (χ4v) is 5.30. The van der Waals surface area contributed by atoms with E-state index in [0.717, 1.165) is 11.7 Å². The largest absolute Gasteiger partial charge is 0.496 e. The quantitative estimate of drug-likeness (QED) is 0.740. The van der Waals surface area contributed by atoms with Crippen LogP contribution in [-0.2, 0) is 11.8 Å². The average Bonchev–Trinajstić information content (AvgIpc) is 2.61. The zero-order valence-electron chi connectivity index (χ0n) is 16.9. The molecule has 3 rings (SSSR count). The number of fused-ring (bicyclic) bond motifs is 3. The van der Waals surface area contributed by atoms with Gasteiger partial charge in [-0.25, -0.2) is 0 Å². The molecule has 3 atom stereocenters. The van der Waals surface area contributed by atoms with Crippen molar-refractivity contribution in [1.82, 2.24) is 4.90 Å². The van der Waals surface area contributed by atoms with E-state index in [-0.39, 0.29) is 0 Å². The number of nitrogens with zero attached hydrogens (tertiary/aromatic N) is 1. The predicted octanol–water partition coefficient (Wildman–Crippen LogP) is 5.35. The van der Waals surface area contributed by atoms with Gasteiger partial charge in [0.25, 0.3) is 0 Å². The molecule has 0 bridgehead atoms. The van der Waals surface area contributed by atoms with Crippen LogP contribution < -0.4 is 4.74 Å². The van der Waals surface area contributed by atoms with Gasteiger partial charge in [0.1, 0.15) is 5.75 Å². The maximum Gasteiger partial charge on any atom is 0.122 e. The summed E-state index contributed by atoms with van der Waals surface area (Å²) < 4.78 is 5.64. The predicted molar refractivity (Wildman–Crippen MR) is 104 cm³/mol. The molecule has 0 radical (unpaired) electrons. The maximum atomic E-state index is 5.64. The van der Waals surface area contributed by atoms with Crippen LogP contribution in [0, 0.1) is 12.8 Å². The molecule has 2 heteroatoms. The van der Waals surface area contributed by atoms with Gasteiger partial charge in [-0.2, -0.15) is 0 Å². The summed E-state index contributed by atoms with van der Waals surface area (Å²) in [6.07, 6.45) is 7.94. The molecule has 0 amide bonds. The second kappa shape index (κ2) is 7.91. The lowest BCUT2D eigenvalue weighted by Crippen LogP contribution is -2.53. The number of likely N-dealkylation sites (N-methyl/N-ethyl adjacent to an activating group) is 1. The highest BCUT2D eigenvalue weighted by molar-refractivity contribution is 5.48. The number of rotatable bonds is 3. The molecule has 0 aromatic heterocycles. The highest BCUT2D eigenvalue weighted by Crippen LogP contribution is 2.53. The van der Waals surface area contributed by atoms with Crippen LogP contribution in [0.5, 0.6) is 5.75 Å². The van der Waals surface area contributed by atoms with Gasteiger partial charge in [0.2, 0.25) is 0 Å². The Hall–Kier alpha value is -1.02. The Bertz CT molecular complexity index is 551. The van der Waals surface area contributed by atoms with Gasteiger partial charge in [-0.05, 0) is 80.8 Å². The monoisotopic (exact) mass is 331 g/mol. The van der Waals surface area contributed by atoms with E-state index in [1.165, 1.54) is 44.1 Å². The van der Waals surface area contributed by atoms with E-state index in [4.69, 9.17) is 4.74 Å². The first kappa shape index (κ1) is 19.3. The van der Waals surface area contributed by atoms with Gasteiger partial charge in [-0.3, -0.25) is 0 Å². The van der Waals surface area contributed by atoms with Gasteiger partial charge in [0.05, 0.1) is 7.11 Å². The minimum absolute atomic E-state index is 0.363. The van der Waals surface area contributed by atoms with Crippen LogP contribution in [0.1, 0.15) is 69.6 Å². The van der Waals surface area contributed by atoms with Crippen molar-refractivity contribution in [3.8, 4) is 5.75 Å². The topological polar surface area (TPSA) is 12.5 Å². The van der Waals surface area contributed by atoms with Gasteiger partial charge in [-0.1, -0.05) is 39.7 Å². The van der Waals surface area contributed by atoms with Crippen molar-refractivity contribution < 1.29 is 4.74 Å². The Morgan fingerprint density at radius 1 is 1.21 bits per heavy atom.